The highest BCUT2D eigenvalue weighted by Crippen LogP contribution is 2.25. The molecule has 1 atom stereocenters. The minimum atomic E-state index is -0.772. The summed E-state index contributed by atoms with van der Waals surface area (Å²) in [6, 6.07) is 7.64. The van der Waals surface area contributed by atoms with Gasteiger partial charge in [-0.15, -0.1) is 0 Å². The van der Waals surface area contributed by atoms with E-state index in [4.69, 9.17) is 4.74 Å². The molecule has 0 spiro atoms. The quantitative estimate of drug-likeness (QED) is 0.819. The SMILES string of the molecule is CCCC(CNc1nccc2cc(OC)ccc12)C(=O)O. The van der Waals surface area contributed by atoms with Crippen molar-refractivity contribution in [1.29, 1.82) is 0 Å². The van der Waals surface area contributed by atoms with Crippen molar-refractivity contribution in [2.24, 2.45) is 5.92 Å². The first kappa shape index (κ1) is 15.1. The van der Waals surface area contributed by atoms with Gasteiger partial charge in [0.1, 0.15) is 11.6 Å². The number of aromatic nitrogens is 1. The van der Waals surface area contributed by atoms with Crippen LogP contribution in [0.25, 0.3) is 10.8 Å². The fraction of sp³-hybridized carbons (Fsp3) is 0.375. The maximum Gasteiger partial charge on any atom is 0.308 e. The standard InChI is InChI=1S/C16H20N2O3/c1-3-4-12(16(19)20)10-18-15-14-6-5-13(21-2)9-11(14)7-8-17-15/h5-9,12H,3-4,10H2,1-2H3,(H,17,18)(H,19,20). The Morgan fingerprint density at radius 3 is 2.90 bits per heavy atom. The fourth-order valence-electron chi connectivity index (χ4n) is 2.31. The predicted octanol–water partition coefficient (Wildman–Crippen LogP) is 3.16. The molecule has 2 aromatic rings. The Hall–Kier alpha value is -2.30. The van der Waals surface area contributed by atoms with E-state index in [0.717, 1.165) is 22.9 Å². The molecule has 5 nitrogen and oxygen atoms in total. The summed E-state index contributed by atoms with van der Waals surface area (Å²) in [6.07, 6.45) is 3.21. The van der Waals surface area contributed by atoms with Gasteiger partial charge >= 0.3 is 5.97 Å². The molecule has 2 rings (SSSR count). The highest BCUT2D eigenvalue weighted by molar-refractivity contribution is 5.92. The van der Waals surface area contributed by atoms with Crippen LogP contribution in [0.3, 0.4) is 0 Å². The molecule has 0 aliphatic rings. The first-order valence-electron chi connectivity index (χ1n) is 7.05. The Kier molecular flexibility index (Phi) is 4.98. The molecule has 21 heavy (non-hydrogen) atoms. The Balaban J connectivity index is 2.20. The number of aliphatic carboxylic acids is 1. The summed E-state index contributed by atoms with van der Waals surface area (Å²) in [6.45, 7) is 2.36. The highest BCUT2D eigenvalue weighted by Gasteiger charge is 2.16. The maximum atomic E-state index is 11.2. The van der Waals surface area contributed by atoms with Crippen LogP contribution < -0.4 is 10.1 Å². The number of benzene rings is 1. The van der Waals surface area contributed by atoms with Crippen molar-refractivity contribution >= 4 is 22.6 Å². The second-order valence-electron chi connectivity index (χ2n) is 4.95. The number of carboxylic acid groups (broad SMARTS) is 1. The van der Waals surface area contributed by atoms with Gasteiger partial charge < -0.3 is 15.2 Å². The Bertz CT molecular complexity index is 628. The van der Waals surface area contributed by atoms with Crippen LogP contribution in [0.1, 0.15) is 19.8 Å². The monoisotopic (exact) mass is 288 g/mol. The molecule has 112 valence electrons. The Morgan fingerprint density at radius 2 is 2.24 bits per heavy atom. The van der Waals surface area contributed by atoms with Gasteiger partial charge in [-0.25, -0.2) is 4.98 Å². The van der Waals surface area contributed by atoms with Gasteiger partial charge in [-0.2, -0.15) is 0 Å². The van der Waals surface area contributed by atoms with E-state index in [1.807, 2.05) is 31.2 Å². The van der Waals surface area contributed by atoms with Crippen LogP contribution in [-0.2, 0) is 4.79 Å². The minimum absolute atomic E-state index is 0.376. The number of anilines is 1. The lowest BCUT2D eigenvalue weighted by atomic mass is 10.0. The molecule has 0 bridgehead atoms. The van der Waals surface area contributed by atoms with E-state index < -0.39 is 11.9 Å². The second kappa shape index (κ2) is 6.92. The fourth-order valence-corrected chi connectivity index (χ4v) is 2.31. The maximum absolute atomic E-state index is 11.2. The zero-order valence-electron chi connectivity index (χ0n) is 12.3. The zero-order valence-corrected chi connectivity index (χ0v) is 12.3. The molecule has 0 fully saturated rings. The van der Waals surface area contributed by atoms with Gasteiger partial charge in [-0.3, -0.25) is 4.79 Å². The average molecular weight is 288 g/mol. The lowest BCUT2D eigenvalue weighted by Gasteiger charge is -2.14. The van der Waals surface area contributed by atoms with Crippen LogP contribution >= 0.6 is 0 Å². The van der Waals surface area contributed by atoms with Crippen LogP contribution in [0.15, 0.2) is 30.5 Å². The van der Waals surface area contributed by atoms with Gasteiger partial charge in [0.15, 0.2) is 0 Å². The minimum Gasteiger partial charge on any atom is -0.497 e. The topological polar surface area (TPSA) is 71.5 Å². The molecule has 1 unspecified atom stereocenters. The smallest absolute Gasteiger partial charge is 0.308 e. The number of pyridine rings is 1. The van der Waals surface area contributed by atoms with Gasteiger partial charge in [0.05, 0.1) is 13.0 Å². The van der Waals surface area contributed by atoms with Crippen molar-refractivity contribution in [3.8, 4) is 5.75 Å². The van der Waals surface area contributed by atoms with Crippen molar-refractivity contribution in [3.05, 3.63) is 30.5 Å². The van der Waals surface area contributed by atoms with Crippen molar-refractivity contribution in [2.45, 2.75) is 19.8 Å². The molecule has 0 saturated heterocycles. The van der Waals surface area contributed by atoms with Crippen LogP contribution in [0, 0.1) is 5.92 Å². The van der Waals surface area contributed by atoms with E-state index in [1.54, 1.807) is 13.3 Å². The molecule has 0 radical (unpaired) electrons. The summed E-state index contributed by atoms with van der Waals surface area (Å²) in [5, 5.41) is 14.3. The number of ether oxygens (including phenoxy) is 1. The van der Waals surface area contributed by atoms with Gasteiger partial charge in [-0.05, 0) is 36.1 Å². The Morgan fingerprint density at radius 1 is 1.43 bits per heavy atom. The molecule has 5 heteroatoms. The first-order chi connectivity index (χ1) is 10.2. The molecule has 0 amide bonds. The predicted molar refractivity (Wildman–Crippen MR) is 82.8 cm³/mol. The normalized spacial score (nSPS) is 12.1. The van der Waals surface area contributed by atoms with E-state index in [2.05, 4.69) is 10.3 Å². The van der Waals surface area contributed by atoms with E-state index in [-0.39, 0.29) is 0 Å². The molecule has 1 aromatic heterocycles. The number of methoxy groups -OCH3 is 1. The molecule has 0 saturated carbocycles. The van der Waals surface area contributed by atoms with Gasteiger partial charge in [0.2, 0.25) is 0 Å². The molecule has 1 aromatic carbocycles. The van der Waals surface area contributed by atoms with Crippen molar-refractivity contribution < 1.29 is 14.6 Å². The van der Waals surface area contributed by atoms with Crippen LogP contribution in [-0.4, -0.2) is 29.7 Å². The highest BCUT2D eigenvalue weighted by atomic mass is 16.5. The van der Waals surface area contributed by atoms with Crippen molar-refractivity contribution in [1.82, 2.24) is 4.98 Å². The molecule has 1 heterocycles. The number of rotatable bonds is 7. The summed E-state index contributed by atoms with van der Waals surface area (Å²) in [5.74, 6) is 0.322. The van der Waals surface area contributed by atoms with Crippen molar-refractivity contribution in [3.63, 3.8) is 0 Å². The van der Waals surface area contributed by atoms with Gasteiger partial charge in [-0.1, -0.05) is 13.3 Å². The number of fused-ring (bicyclic) bond motifs is 1. The molecular formula is C16H20N2O3. The number of carbonyl (C=O) groups is 1. The number of hydrogen-bond donors (Lipinski definition) is 2. The van der Waals surface area contributed by atoms with E-state index in [1.165, 1.54) is 0 Å². The summed E-state index contributed by atoms with van der Waals surface area (Å²) in [7, 11) is 1.63. The van der Waals surface area contributed by atoms with Crippen LogP contribution in [0.4, 0.5) is 5.82 Å². The molecular weight excluding hydrogens is 268 g/mol. The third-order valence-corrected chi connectivity index (χ3v) is 3.47. The van der Waals surface area contributed by atoms with Crippen LogP contribution in [0.5, 0.6) is 5.75 Å². The third-order valence-electron chi connectivity index (χ3n) is 3.47. The zero-order chi connectivity index (χ0) is 15.2. The second-order valence-corrected chi connectivity index (χ2v) is 4.95. The van der Waals surface area contributed by atoms with Gasteiger partial charge in [0.25, 0.3) is 0 Å². The van der Waals surface area contributed by atoms with E-state index in [0.29, 0.717) is 18.8 Å². The lowest BCUT2D eigenvalue weighted by molar-refractivity contribution is -0.141. The first-order valence-corrected chi connectivity index (χ1v) is 7.05. The molecule has 0 aliphatic carbocycles. The molecule has 2 N–H and O–H groups in total. The lowest BCUT2D eigenvalue weighted by Crippen LogP contribution is -2.23. The van der Waals surface area contributed by atoms with Crippen molar-refractivity contribution in [2.75, 3.05) is 19.0 Å². The summed E-state index contributed by atoms with van der Waals surface area (Å²) >= 11 is 0. The molecule has 0 aliphatic heterocycles. The number of nitrogens with zero attached hydrogens (tertiary/aromatic N) is 1. The summed E-state index contributed by atoms with van der Waals surface area (Å²) in [5.41, 5.74) is 0. The third kappa shape index (κ3) is 3.62. The summed E-state index contributed by atoms with van der Waals surface area (Å²) in [4.78, 5) is 15.5. The Labute approximate surface area is 124 Å². The average Bonchev–Trinajstić information content (AvgIpc) is 2.50. The summed E-state index contributed by atoms with van der Waals surface area (Å²) < 4.78 is 5.21. The number of carboxylic acids is 1. The van der Waals surface area contributed by atoms with Crippen LogP contribution in [0.2, 0.25) is 0 Å². The number of hydrogen-bond acceptors (Lipinski definition) is 4. The van der Waals surface area contributed by atoms with E-state index in [9.17, 15) is 9.90 Å². The van der Waals surface area contributed by atoms with Gasteiger partial charge in [0, 0.05) is 18.1 Å². The largest absolute Gasteiger partial charge is 0.497 e. The van der Waals surface area contributed by atoms with E-state index >= 15 is 0 Å². The number of nitrogens with one attached hydrogen (secondary N) is 1.